The van der Waals surface area contributed by atoms with Crippen LogP contribution in [0.4, 0.5) is 0 Å². The monoisotopic (exact) mass is 321 g/mol. The van der Waals surface area contributed by atoms with Crippen LogP contribution >= 0.6 is 11.8 Å². The molecule has 0 bridgehead atoms. The Balaban J connectivity index is 2.42. The van der Waals surface area contributed by atoms with Crippen molar-refractivity contribution in [1.29, 1.82) is 0 Å². The Morgan fingerprint density at radius 2 is 1.86 bits per heavy atom. The van der Waals surface area contributed by atoms with Crippen LogP contribution in [-0.2, 0) is 4.79 Å². The quantitative estimate of drug-likeness (QED) is 0.217. The van der Waals surface area contributed by atoms with E-state index >= 15 is 0 Å². The Morgan fingerprint density at radius 1 is 1.18 bits per heavy atom. The van der Waals surface area contributed by atoms with Crippen molar-refractivity contribution in [3.63, 3.8) is 0 Å². The number of benzene rings is 1. The molecule has 0 saturated heterocycles. The van der Waals surface area contributed by atoms with Crippen molar-refractivity contribution >= 4 is 23.7 Å². The van der Waals surface area contributed by atoms with E-state index in [0.29, 0.717) is 5.06 Å². The van der Waals surface area contributed by atoms with Crippen LogP contribution < -0.4 is 0 Å². The molecule has 0 aliphatic heterocycles. The topological polar surface area (TPSA) is 40.5 Å². The fraction of sp³-hybridized carbons (Fsp3) is 0.500. The van der Waals surface area contributed by atoms with E-state index in [1.54, 1.807) is 6.08 Å². The number of unbranched alkanes of at least 4 members (excludes halogenated alkanes) is 5. The summed E-state index contributed by atoms with van der Waals surface area (Å²) < 4.78 is 0. The van der Waals surface area contributed by atoms with E-state index in [1.807, 2.05) is 30.0 Å². The summed E-state index contributed by atoms with van der Waals surface area (Å²) in [7, 11) is 1.33. The van der Waals surface area contributed by atoms with E-state index in [1.165, 1.54) is 56.5 Å². The number of likely N-dealkylation sites (N-methyl/N-ethyl adjacent to an activating group) is 1. The number of amides is 1. The maximum atomic E-state index is 11.4. The first-order valence-corrected chi connectivity index (χ1v) is 9.00. The first kappa shape index (κ1) is 18.8. The highest BCUT2D eigenvalue weighted by Crippen LogP contribution is 2.25. The van der Waals surface area contributed by atoms with Crippen molar-refractivity contribution in [2.75, 3.05) is 12.8 Å². The van der Waals surface area contributed by atoms with Gasteiger partial charge in [0.25, 0.3) is 5.91 Å². The Hall–Kier alpha value is -1.26. The number of thioether (sulfide) groups is 1. The molecule has 0 aliphatic carbocycles. The maximum Gasteiger partial charge on any atom is 0.269 e. The lowest BCUT2D eigenvalue weighted by Crippen LogP contribution is -2.19. The van der Waals surface area contributed by atoms with Crippen molar-refractivity contribution in [2.45, 2.75) is 50.3 Å². The first-order valence-electron chi connectivity index (χ1n) is 8.01. The van der Waals surface area contributed by atoms with Gasteiger partial charge in [-0.3, -0.25) is 10.0 Å². The van der Waals surface area contributed by atoms with Gasteiger partial charge in [0.2, 0.25) is 0 Å². The Labute approximate surface area is 138 Å². The lowest BCUT2D eigenvalue weighted by molar-refractivity contribution is -0.153. The molecule has 1 N–H and O–H groups in total. The minimum atomic E-state index is -0.421. The molecule has 0 unspecified atom stereocenters. The lowest BCUT2D eigenvalue weighted by Gasteiger charge is -2.07. The van der Waals surface area contributed by atoms with Gasteiger partial charge in [-0.1, -0.05) is 57.2 Å². The fourth-order valence-electron chi connectivity index (χ4n) is 2.08. The van der Waals surface area contributed by atoms with E-state index in [9.17, 15) is 4.79 Å². The van der Waals surface area contributed by atoms with E-state index < -0.39 is 5.91 Å². The van der Waals surface area contributed by atoms with Crippen molar-refractivity contribution in [1.82, 2.24) is 5.06 Å². The fourth-order valence-corrected chi connectivity index (χ4v) is 3.13. The molecule has 0 radical (unpaired) electrons. The molecule has 0 heterocycles. The van der Waals surface area contributed by atoms with E-state index in [0.717, 1.165) is 11.3 Å². The van der Waals surface area contributed by atoms with Crippen LogP contribution in [0.5, 0.6) is 0 Å². The zero-order chi connectivity index (χ0) is 16.2. The lowest BCUT2D eigenvalue weighted by atomic mass is 10.1. The third kappa shape index (κ3) is 7.66. The molecule has 122 valence electrons. The molecule has 0 aliphatic rings. The smallest absolute Gasteiger partial charge is 0.269 e. The number of carbonyl (C=O) groups is 1. The summed E-state index contributed by atoms with van der Waals surface area (Å²) in [6.45, 7) is 2.24. The van der Waals surface area contributed by atoms with Crippen molar-refractivity contribution in [2.24, 2.45) is 0 Å². The largest absolute Gasteiger partial charge is 0.286 e. The van der Waals surface area contributed by atoms with Crippen LogP contribution in [0.15, 0.2) is 35.2 Å². The minimum Gasteiger partial charge on any atom is -0.286 e. The first-order chi connectivity index (χ1) is 10.6. The summed E-state index contributed by atoms with van der Waals surface area (Å²) in [4.78, 5) is 12.6. The molecule has 22 heavy (non-hydrogen) atoms. The summed E-state index contributed by atoms with van der Waals surface area (Å²) in [6.07, 6.45) is 11.0. The molecule has 0 aromatic heterocycles. The molecule has 3 nitrogen and oxygen atoms in total. The molecule has 4 heteroatoms. The van der Waals surface area contributed by atoms with Gasteiger partial charge in [0.1, 0.15) is 0 Å². The van der Waals surface area contributed by atoms with Crippen molar-refractivity contribution in [3.05, 3.63) is 35.9 Å². The standard InChI is InChI=1S/C18H27NO2S/c1-3-4-5-6-7-10-15-22-17-12-9-8-11-16(17)13-14-18(20)19(2)21/h8-9,11-14,21H,3-7,10,15H2,1-2H3. The number of carbonyl (C=O) groups excluding carboxylic acids is 1. The van der Waals surface area contributed by atoms with Gasteiger partial charge in [-0.2, -0.15) is 0 Å². The highest BCUT2D eigenvalue weighted by molar-refractivity contribution is 7.99. The Morgan fingerprint density at radius 3 is 2.59 bits per heavy atom. The number of hydrogen-bond acceptors (Lipinski definition) is 3. The molecule has 1 rings (SSSR count). The predicted molar refractivity (Wildman–Crippen MR) is 94.1 cm³/mol. The second-order valence-corrected chi connectivity index (χ2v) is 6.49. The second kappa shape index (κ2) is 11.3. The zero-order valence-corrected chi connectivity index (χ0v) is 14.4. The van der Waals surface area contributed by atoms with Gasteiger partial charge in [0.15, 0.2) is 0 Å². The highest BCUT2D eigenvalue weighted by Gasteiger charge is 2.02. The van der Waals surface area contributed by atoms with Gasteiger partial charge in [0, 0.05) is 18.0 Å². The number of hydrogen-bond donors (Lipinski definition) is 1. The van der Waals surface area contributed by atoms with E-state index in [2.05, 4.69) is 13.0 Å². The summed E-state index contributed by atoms with van der Waals surface area (Å²) in [5.41, 5.74) is 1.02. The number of rotatable bonds is 10. The van der Waals surface area contributed by atoms with Crippen LogP contribution in [-0.4, -0.2) is 29.0 Å². The van der Waals surface area contributed by atoms with Crippen molar-refractivity contribution in [3.8, 4) is 0 Å². The summed E-state index contributed by atoms with van der Waals surface area (Å²) >= 11 is 1.83. The van der Waals surface area contributed by atoms with Gasteiger partial charge in [0.05, 0.1) is 0 Å². The second-order valence-electron chi connectivity index (χ2n) is 5.35. The SMILES string of the molecule is CCCCCCCCSc1ccccc1C=CC(=O)N(C)O. The van der Waals surface area contributed by atoms with Crippen LogP contribution in [0.1, 0.15) is 51.0 Å². The summed E-state index contributed by atoms with van der Waals surface area (Å²) in [5, 5.41) is 9.64. The van der Waals surface area contributed by atoms with Crippen LogP contribution in [0.3, 0.4) is 0 Å². The maximum absolute atomic E-state index is 11.4. The van der Waals surface area contributed by atoms with Crippen LogP contribution in [0, 0.1) is 0 Å². The van der Waals surface area contributed by atoms with Crippen molar-refractivity contribution < 1.29 is 10.0 Å². The summed E-state index contributed by atoms with van der Waals surface area (Å²) in [6, 6.07) is 8.04. The summed E-state index contributed by atoms with van der Waals surface area (Å²) in [5.74, 6) is 0.681. The average molecular weight is 321 g/mol. The zero-order valence-electron chi connectivity index (χ0n) is 13.6. The normalized spacial score (nSPS) is 11.0. The van der Waals surface area contributed by atoms with Gasteiger partial charge < -0.3 is 0 Å². The Kier molecular flexibility index (Phi) is 9.67. The van der Waals surface area contributed by atoms with E-state index in [4.69, 9.17) is 5.21 Å². The molecule has 0 spiro atoms. The van der Waals surface area contributed by atoms with Gasteiger partial charge in [-0.25, -0.2) is 5.06 Å². The highest BCUT2D eigenvalue weighted by atomic mass is 32.2. The van der Waals surface area contributed by atoms with Crippen LogP contribution in [0.25, 0.3) is 6.08 Å². The number of nitrogens with zero attached hydrogens (tertiary/aromatic N) is 1. The third-order valence-electron chi connectivity index (χ3n) is 3.40. The minimum absolute atomic E-state index is 0.421. The van der Waals surface area contributed by atoms with Gasteiger partial charge in [-0.05, 0) is 29.9 Å². The van der Waals surface area contributed by atoms with Crippen LogP contribution in [0.2, 0.25) is 0 Å². The average Bonchev–Trinajstić information content (AvgIpc) is 2.52. The van der Waals surface area contributed by atoms with E-state index in [-0.39, 0.29) is 0 Å². The molecular formula is C18H27NO2S. The molecule has 0 fully saturated rings. The third-order valence-corrected chi connectivity index (χ3v) is 4.57. The molecule has 1 aromatic carbocycles. The van der Waals surface area contributed by atoms with Gasteiger partial charge in [-0.15, -0.1) is 11.8 Å². The predicted octanol–water partition coefficient (Wildman–Crippen LogP) is 5.00. The number of hydroxylamine groups is 2. The molecule has 1 amide bonds. The molecule has 0 saturated carbocycles. The Bertz CT molecular complexity index is 472. The molecular weight excluding hydrogens is 294 g/mol. The van der Waals surface area contributed by atoms with Gasteiger partial charge >= 0.3 is 0 Å². The molecule has 0 atom stereocenters. The molecule has 1 aromatic rings.